The number of carbonyl (C=O) groups is 1. The second kappa shape index (κ2) is 5.81. The minimum atomic E-state index is -0.514. The Bertz CT molecular complexity index is 466. The maximum absolute atomic E-state index is 11.5. The zero-order valence-corrected chi connectivity index (χ0v) is 10.8. The summed E-state index contributed by atoms with van der Waals surface area (Å²) < 4.78 is 5.30. The lowest BCUT2D eigenvalue weighted by Gasteiger charge is -2.35. The van der Waals surface area contributed by atoms with Crippen LogP contribution in [0.25, 0.3) is 0 Å². The van der Waals surface area contributed by atoms with E-state index >= 15 is 0 Å². The fraction of sp³-hybridized carbons (Fsp3) is 0.545. The predicted octanol–water partition coefficient (Wildman–Crippen LogP) is -0.985. The zero-order chi connectivity index (χ0) is 13.8. The largest absolute Gasteiger partial charge is 0.377 e. The highest BCUT2D eigenvalue weighted by atomic mass is 16.5. The monoisotopic (exact) mass is 266 g/mol. The van der Waals surface area contributed by atoms with E-state index in [1.165, 1.54) is 6.33 Å². The Hall–Kier alpha value is -1.93. The Kier molecular flexibility index (Phi) is 4.13. The number of hydrazine groups is 1. The first-order valence-electron chi connectivity index (χ1n) is 6.13. The van der Waals surface area contributed by atoms with Gasteiger partial charge >= 0.3 is 0 Å². The van der Waals surface area contributed by atoms with Crippen molar-refractivity contribution in [1.29, 1.82) is 0 Å². The van der Waals surface area contributed by atoms with Gasteiger partial charge in [0.25, 0.3) is 0 Å². The van der Waals surface area contributed by atoms with E-state index < -0.39 is 11.9 Å². The standard InChI is InChI=1S/C11H18N6O2/c1-2-7-10(16-13)14-6-15-11(7)17-3-4-19-5-8(17)9(12)18/h6,8H,2-5,13H2,1H3,(H2,12,18)(H,14,15,16). The van der Waals surface area contributed by atoms with Crippen LogP contribution in [-0.4, -0.2) is 41.7 Å². The van der Waals surface area contributed by atoms with E-state index in [-0.39, 0.29) is 6.61 Å². The lowest BCUT2D eigenvalue weighted by atomic mass is 10.1. The van der Waals surface area contributed by atoms with Gasteiger partial charge in [-0.05, 0) is 6.42 Å². The normalized spacial score (nSPS) is 19.3. The molecule has 1 atom stereocenters. The molecule has 1 aliphatic rings. The molecular weight excluding hydrogens is 248 g/mol. The number of rotatable bonds is 4. The highest BCUT2D eigenvalue weighted by Crippen LogP contribution is 2.26. The van der Waals surface area contributed by atoms with Gasteiger partial charge in [0.1, 0.15) is 24.0 Å². The summed E-state index contributed by atoms with van der Waals surface area (Å²) in [7, 11) is 0. The molecule has 104 valence electrons. The summed E-state index contributed by atoms with van der Waals surface area (Å²) in [6.45, 7) is 3.33. The van der Waals surface area contributed by atoms with Crippen LogP contribution in [0.1, 0.15) is 12.5 Å². The van der Waals surface area contributed by atoms with Gasteiger partial charge in [0.2, 0.25) is 5.91 Å². The molecular formula is C11H18N6O2. The Morgan fingerprint density at radius 2 is 2.42 bits per heavy atom. The maximum atomic E-state index is 11.5. The van der Waals surface area contributed by atoms with E-state index in [2.05, 4.69) is 15.4 Å². The third kappa shape index (κ3) is 2.59. The van der Waals surface area contributed by atoms with E-state index in [0.29, 0.717) is 31.2 Å². The lowest BCUT2D eigenvalue weighted by molar-refractivity contribution is -0.121. The van der Waals surface area contributed by atoms with Crippen LogP contribution in [0.4, 0.5) is 11.6 Å². The van der Waals surface area contributed by atoms with Crippen LogP contribution in [0.2, 0.25) is 0 Å². The number of anilines is 2. The molecule has 2 rings (SSSR count). The molecule has 8 nitrogen and oxygen atoms in total. The quantitative estimate of drug-likeness (QED) is 0.473. The molecule has 1 unspecified atom stereocenters. The minimum Gasteiger partial charge on any atom is -0.377 e. The summed E-state index contributed by atoms with van der Waals surface area (Å²) in [6.07, 6.45) is 2.11. The van der Waals surface area contributed by atoms with Crippen molar-refractivity contribution in [2.24, 2.45) is 11.6 Å². The van der Waals surface area contributed by atoms with E-state index in [4.69, 9.17) is 16.3 Å². The van der Waals surface area contributed by atoms with Crippen LogP contribution in [-0.2, 0) is 16.0 Å². The number of ether oxygens (including phenoxy) is 1. The molecule has 19 heavy (non-hydrogen) atoms. The molecule has 0 spiro atoms. The maximum Gasteiger partial charge on any atom is 0.242 e. The smallest absolute Gasteiger partial charge is 0.242 e. The molecule has 1 saturated heterocycles. The first-order chi connectivity index (χ1) is 9.19. The number of amides is 1. The molecule has 1 aliphatic heterocycles. The summed E-state index contributed by atoms with van der Waals surface area (Å²) >= 11 is 0. The van der Waals surface area contributed by atoms with Crippen molar-refractivity contribution < 1.29 is 9.53 Å². The summed E-state index contributed by atoms with van der Waals surface area (Å²) in [6, 6.07) is -0.514. The van der Waals surface area contributed by atoms with Gasteiger partial charge in [0.05, 0.1) is 13.2 Å². The second-order valence-corrected chi connectivity index (χ2v) is 4.21. The zero-order valence-electron chi connectivity index (χ0n) is 10.8. The average molecular weight is 266 g/mol. The molecule has 8 heteroatoms. The van der Waals surface area contributed by atoms with Gasteiger partial charge in [0, 0.05) is 12.1 Å². The van der Waals surface area contributed by atoms with E-state index in [1.807, 2.05) is 11.8 Å². The van der Waals surface area contributed by atoms with Crippen molar-refractivity contribution in [2.75, 3.05) is 30.1 Å². The van der Waals surface area contributed by atoms with Crippen molar-refractivity contribution in [1.82, 2.24) is 9.97 Å². The van der Waals surface area contributed by atoms with Gasteiger partial charge in [0.15, 0.2) is 0 Å². The third-order valence-electron chi connectivity index (χ3n) is 3.14. The Morgan fingerprint density at radius 1 is 1.63 bits per heavy atom. The van der Waals surface area contributed by atoms with Crippen LogP contribution >= 0.6 is 0 Å². The predicted molar refractivity (Wildman–Crippen MR) is 70.4 cm³/mol. The fourth-order valence-corrected chi connectivity index (χ4v) is 2.19. The molecule has 0 aromatic carbocycles. The summed E-state index contributed by atoms with van der Waals surface area (Å²) in [4.78, 5) is 21.7. The molecule has 0 bridgehead atoms. The Balaban J connectivity index is 2.41. The van der Waals surface area contributed by atoms with Crippen molar-refractivity contribution in [3.05, 3.63) is 11.9 Å². The van der Waals surface area contributed by atoms with Crippen molar-refractivity contribution in [3.8, 4) is 0 Å². The Morgan fingerprint density at radius 3 is 3.05 bits per heavy atom. The Labute approximate surface area is 111 Å². The summed E-state index contributed by atoms with van der Waals surface area (Å²) in [5.74, 6) is 6.25. The molecule has 0 saturated carbocycles. The van der Waals surface area contributed by atoms with Gasteiger partial charge in [-0.1, -0.05) is 6.92 Å². The first kappa shape index (κ1) is 13.5. The van der Waals surface area contributed by atoms with E-state index in [0.717, 1.165) is 5.56 Å². The number of nitrogens with one attached hydrogen (secondary N) is 1. The number of nitrogens with two attached hydrogens (primary N) is 2. The van der Waals surface area contributed by atoms with Crippen LogP contribution in [0.3, 0.4) is 0 Å². The summed E-state index contributed by atoms with van der Waals surface area (Å²) in [5, 5.41) is 0. The van der Waals surface area contributed by atoms with E-state index in [9.17, 15) is 4.79 Å². The second-order valence-electron chi connectivity index (χ2n) is 4.21. The van der Waals surface area contributed by atoms with Gasteiger partial charge in [-0.2, -0.15) is 0 Å². The van der Waals surface area contributed by atoms with Gasteiger partial charge in [-0.15, -0.1) is 0 Å². The highest BCUT2D eigenvalue weighted by Gasteiger charge is 2.30. The number of nitrogens with zero attached hydrogens (tertiary/aromatic N) is 3. The molecule has 1 amide bonds. The first-order valence-corrected chi connectivity index (χ1v) is 6.13. The van der Waals surface area contributed by atoms with Gasteiger partial charge < -0.3 is 20.8 Å². The third-order valence-corrected chi connectivity index (χ3v) is 3.14. The summed E-state index contributed by atoms with van der Waals surface area (Å²) in [5.41, 5.74) is 8.82. The van der Waals surface area contributed by atoms with Crippen LogP contribution in [0.15, 0.2) is 6.33 Å². The van der Waals surface area contributed by atoms with Crippen molar-refractivity contribution in [2.45, 2.75) is 19.4 Å². The number of morpholine rings is 1. The molecule has 5 N–H and O–H groups in total. The fourth-order valence-electron chi connectivity index (χ4n) is 2.19. The molecule has 1 aromatic rings. The van der Waals surface area contributed by atoms with Crippen LogP contribution in [0.5, 0.6) is 0 Å². The molecule has 0 aliphatic carbocycles. The average Bonchev–Trinajstić information content (AvgIpc) is 2.46. The molecule has 2 heterocycles. The van der Waals surface area contributed by atoms with Crippen molar-refractivity contribution >= 4 is 17.5 Å². The molecule has 0 radical (unpaired) electrons. The topological polar surface area (TPSA) is 119 Å². The highest BCUT2D eigenvalue weighted by molar-refractivity contribution is 5.84. The van der Waals surface area contributed by atoms with E-state index in [1.54, 1.807) is 0 Å². The number of aromatic nitrogens is 2. The molecule has 1 aromatic heterocycles. The number of carbonyl (C=O) groups excluding carboxylic acids is 1. The molecule has 1 fully saturated rings. The van der Waals surface area contributed by atoms with Crippen LogP contribution < -0.4 is 21.9 Å². The number of nitrogen functional groups attached to an aromatic ring is 1. The van der Waals surface area contributed by atoms with Gasteiger partial charge in [-0.3, -0.25) is 4.79 Å². The SMILES string of the molecule is CCc1c(NN)ncnc1N1CCOCC1C(N)=O. The minimum absolute atomic E-state index is 0.272. The number of hydrogen-bond acceptors (Lipinski definition) is 7. The van der Waals surface area contributed by atoms with Crippen LogP contribution in [0, 0.1) is 0 Å². The van der Waals surface area contributed by atoms with Crippen molar-refractivity contribution in [3.63, 3.8) is 0 Å². The lowest BCUT2D eigenvalue weighted by Crippen LogP contribution is -2.53. The number of primary amides is 1. The van der Waals surface area contributed by atoms with Gasteiger partial charge in [-0.25, -0.2) is 15.8 Å². The number of hydrogen-bond donors (Lipinski definition) is 3.